The summed E-state index contributed by atoms with van der Waals surface area (Å²) in [6, 6.07) is 18.3. The number of anilines is 1. The predicted octanol–water partition coefficient (Wildman–Crippen LogP) is 7.33. The average molecular weight is 568 g/mol. The first kappa shape index (κ1) is 27.2. The van der Waals surface area contributed by atoms with Gasteiger partial charge in [-0.05, 0) is 68.7 Å². The molecule has 41 heavy (non-hydrogen) atoms. The van der Waals surface area contributed by atoms with Gasteiger partial charge in [-0.2, -0.15) is 0 Å². The second-order valence-electron chi connectivity index (χ2n) is 11.5. The average Bonchev–Trinajstić information content (AvgIpc) is 3.36. The summed E-state index contributed by atoms with van der Waals surface area (Å²) >= 11 is 1.56. The lowest BCUT2D eigenvalue weighted by Crippen LogP contribution is -2.28. The molecule has 6 rings (SSSR count). The maximum absolute atomic E-state index is 12.8. The summed E-state index contributed by atoms with van der Waals surface area (Å²) in [5.74, 6) is -0.231. The van der Waals surface area contributed by atoms with Gasteiger partial charge in [0.1, 0.15) is 5.75 Å². The summed E-state index contributed by atoms with van der Waals surface area (Å²) in [6.07, 6.45) is 1.45. The molecule has 0 saturated heterocycles. The number of rotatable bonds is 7. The number of fused-ring (bicyclic) bond motifs is 1. The number of carboxylic acids is 1. The fraction of sp³-hybridized carbons (Fsp3) is 0.303. The highest BCUT2D eigenvalue weighted by Crippen LogP contribution is 2.47. The second-order valence-corrected chi connectivity index (χ2v) is 12.5. The molecule has 0 fully saturated rings. The quantitative estimate of drug-likeness (QED) is 0.220. The van der Waals surface area contributed by atoms with E-state index >= 15 is 0 Å². The Morgan fingerprint density at radius 1 is 1.17 bits per heavy atom. The van der Waals surface area contributed by atoms with Crippen LogP contribution in [0.15, 0.2) is 60.8 Å². The molecule has 1 aliphatic heterocycles. The van der Waals surface area contributed by atoms with Gasteiger partial charge in [0.05, 0.1) is 27.9 Å². The predicted molar refractivity (Wildman–Crippen MR) is 164 cm³/mol. The van der Waals surface area contributed by atoms with E-state index in [9.17, 15) is 9.90 Å². The van der Waals surface area contributed by atoms with Crippen molar-refractivity contribution in [1.82, 2.24) is 9.97 Å². The van der Waals surface area contributed by atoms with Crippen LogP contribution in [0.4, 0.5) is 5.13 Å². The van der Waals surface area contributed by atoms with E-state index in [4.69, 9.17) is 19.4 Å². The Morgan fingerprint density at radius 3 is 2.68 bits per heavy atom. The van der Waals surface area contributed by atoms with Crippen molar-refractivity contribution < 1.29 is 19.4 Å². The molecule has 0 aliphatic carbocycles. The molecule has 0 amide bonds. The number of aromatic nitrogens is 2. The van der Waals surface area contributed by atoms with Crippen LogP contribution in [0.3, 0.4) is 0 Å². The number of thiazole rings is 1. The minimum Gasteiger partial charge on any atom is -0.493 e. The Hall–Kier alpha value is -4.01. The van der Waals surface area contributed by atoms with Gasteiger partial charge in [0.2, 0.25) is 0 Å². The number of benzene rings is 3. The van der Waals surface area contributed by atoms with E-state index in [2.05, 4.69) is 17.0 Å². The minimum atomic E-state index is -1.18. The first-order valence-electron chi connectivity index (χ1n) is 13.7. The van der Waals surface area contributed by atoms with E-state index in [-0.39, 0.29) is 0 Å². The van der Waals surface area contributed by atoms with E-state index in [1.807, 2.05) is 83.4 Å². The minimum absolute atomic E-state index is 0.623. The molecule has 210 valence electrons. The second kappa shape index (κ2) is 10.4. The molecule has 7 nitrogen and oxygen atoms in total. The lowest BCUT2D eigenvalue weighted by atomic mass is 9.89. The molecule has 0 radical (unpaired) electrons. The van der Waals surface area contributed by atoms with Crippen molar-refractivity contribution in [3.05, 3.63) is 83.0 Å². The van der Waals surface area contributed by atoms with Crippen LogP contribution >= 0.6 is 11.3 Å². The number of nitrogens with zero attached hydrogens (tertiary/aromatic N) is 3. The molecule has 0 saturated carbocycles. The number of aliphatic carboxylic acids is 1. The van der Waals surface area contributed by atoms with Gasteiger partial charge in [0.15, 0.2) is 11.2 Å². The molecule has 1 atom stereocenters. The topological polar surface area (TPSA) is 84.8 Å². The van der Waals surface area contributed by atoms with E-state index in [1.54, 1.807) is 11.3 Å². The normalized spacial score (nSPS) is 13.8. The van der Waals surface area contributed by atoms with Gasteiger partial charge >= 0.3 is 5.97 Å². The molecule has 0 bridgehead atoms. The van der Waals surface area contributed by atoms with Crippen LogP contribution in [-0.4, -0.2) is 40.3 Å². The van der Waals surface area contributed by atoms with Crippen molar-refractivity contribution in [3.63, 3.8) is 0 Å². The number of carbonyl (C=O) groups is 1. The lowest BCUT2D eigenvalue weighted by Gasteiger charge is -2.28. The molecule has 3 heterocycles. The Morgan fingerprint density at radius 2 is 1.95 bits per heavy atom. The summed E-state index contributed by atoms with van der Waals surface area (Å²) in [5, 5.41) is 12.3. The zero-order chi connectivity index (χ0) is 28.9. The highest BCUT2D eigenvalue weighted by Gasteiger charge is 2.33. The lowest BCUT2D eigenvalue weighted by molar-refractivity contribution is -0.160. The van der Waals surface area contributed by atoms with Gasteiger partial charge in [-0.1, -0.05) is 41.7 Å². The molecule has 1 aliphatic rings. The standard InChI is InChI=1S/C33H33N3O4S/c1-19-17-23-30(41-32(35-23)36(5)18-20-9-7-6-8-10-20)27(25(19)29(31(37)38)40-33(2,3)4)22-11-12-24-26-21(14-16-39-24)13-15-34-28(22)26/h6-13,15,17,29H,14,16,18H2,1-5H3,(H,37,38). The number of carboxylic acid groups (broad SMARTS) is 1. The van der Waals surface area contributed by atoms with Crippen molar-refractivity contribution in [2.75, 3.05) is 18.6 Å². The summed E-state index contributed by atoms with van der Waals surface area (Å²) in [7, 11) is 2.03. The van der Waals surface area contributed by atoms with Crippen molar-refractivity contribution in [2.24, 2.45) is 0 Å². The van der Waals surface area contributed by atoms with Crippen molar-refractivity contribution in [3.8, 4) is 16.9 Å². The SMILES string of the molecule is Cc1cc2nc(N(C)Cc3ccccc3)sc2c(-c2ccc3c4c(ccnc24)CCO3)c1C(OC(C)(C)C)C(=O)O. The van der Waals surface area contributed by atoms with E-state index in [1.165, 1.54) is 11.1 Å². The number of aryl methyl sites for hydroxylation is 1. The zero-order valence-corrected chi connectivity index (χ0v) is 24.7. The third kappa shape index (κ3) is 5.13. The molecule has 2 aromatic heterocycles. The van der Waals surface area contributed by atoms with Gasteiger partial charge in [-0.25, -0.2) is 9.78 Å². The number of ether oxygens (including phenoxy) is 2. The highest BCUT2D eigenvalue weighted by molar-refractivity contribution is 7.22. The Bertz CT molecular complexity index is 1760. The summed E-state index contributed by atoms with van der Waals surface area (Å²) in [5.41, 5.74) is 6.38. The Labute approximate surface area is 243 Å². The van der Waals surface area contributed by atoms with Gasteiger partial charge in [0, 0.05) is 48.3 Å². The van der Waals surface area contributed by atoms with Gasteiger partial charge in [-0.3, -0.25) is 4.98 Å². The molecule has 8 heteroatoms. The first-order chi connectivity index (χ1) is 19.6. The largest absolute Gasteiger partial charge is 0.493 e. The van der Waals surface area contributed by atoms with Crippen LogP contribution < -0.4 is 9.64 Å². The molecule has 1 N–H and O–H groups in total. The van der Waals surface area contributed by atoms with Crippen molar-refractivity contribution in [2.45, 2.75) is 52.4 Å². The third-order valence-electron chi connectivity index (χ3n) is 7.30. The van der Waals surface area contributed by atoms with Crippen LogP contribution in [0, 0.1) is 6.92 Å². The number of hydrogen-bond acceptors (Lipinski definition) is 7. The highest BCUT2D eigenvalue weighted by atomic mass is 32.1. The molecule has 1 unspecified atom stereocenters. The molecule has 0 spiro atoms. The van der Waals surface area contributed by atoms with Crippen LogP contribution in [-0.2, 0) is 22.5 Å². The van der Waals surface area contributed by atoms with Crippen LogP contribution in [0.2, 0.25) is 0 Å². The maximum atomic E-state index is 12.8. The van der Waals surface area contributed by atoms with E-state index < -0.39 is 17.7 Å². The van der Waals surface area contributed by atoms with E-state index in [0.717, 1.165) is 55.1 Å². The van der Waals surface area contributed by atoms with Crippen molar-refractivity contribution in [1.29, 1.82) is 0 Å². The monoisotopic (exact) mass is 567 g/mol. The summed E-state index contributed by atoms with van der Waals surface area (Å²) < 4.78 is 13.1. The van der Waals surface area contributed by atoms with Crippen LogP contribution in [0.25, 0.3) is 32.2 Å². The smallest absolute Gasteiger partial charge is 0.337 e. The number of pyridine rings is 1. The van der Waals surface area contributed by atoms with Crippen LogP contribution in [0.5, 0.6) is 5.75 Å². The summed E-state index contributed by atoms with van der Waals surface area (Å²) in [4.78, 5) is 24.8. The third-order valence-corrected chi connectivity index (χ3v) is 8.50. The molecular weight excluding hydrogens is 534 g/mol. The van der Waals surface area contributed by atoms with Gasteiger partial charge in [-0.15, -0.1) is 0 Å². The van der Waals surface area contributed by atoms with Gasteiger partial charge < -0.3 is 19.5 Å². The van der Waals surface area contributed by atoms with Crippen LogP contribution in [0.1, 0.15) is 49.1 Å². The number of hydrogen-bond donors (Lipinski definition) is 1. The fourth-order valence-corrected chi connectivity index (χ4v) is 6.66. The first-order valence-corrected chi connectivity index (χ1v) is 14.6. The fourth-order valence-electron chi connectivity index (χ4n) is 5.58. The van der Waals surface area contributed by atoms with Crippen molar-refractivity contribution >= 4 is 43.6 Å². The van der Waals surface area contributed by atoms with E-state index in [0.29, 0.717) is 18.7 Å². The van der Waals surface area contributed by atoms with Gasteiger partial charge in [0.25, 0.3) is 0 Å². The Balaban J connectivity index is 1.62. The summed E-state index contributed by atoms with van der Waals surface area (Å²) in [6.45, 7) is 8.89. The maximum Gasteiger partial charge on any atom is 0.337 e. The molecule has 5 aromatic rings. The Kier molecular flexibility index (Phi) is 6.91. The zero-order valence-electron chi connectivity index (χ0n) is 23.9. The molecule has 3 aromatic carbocycles. The molecular formula is C33H33N3O4S.